The SMILES string of the molecule is COc1cc2cc(SC)sc2cc1C. The van der Waals surface area contributed by atoms with Gasteiger partial charge in [-0.15, -0.1) is 23.1 Å². The zero-order valence-electron chi connectivity index (χ0n) is 8.46. The maximum atomic E-state index is 5.29. The molecule has 0 fully saturated rings. The lowest BCUT2D eigenvalue weighted by Gasteiger charge is -2.03. The number of benzene rings is 1. The summed E-state index contributed by atoms with van der Waals surface area (Å²) in [5, 5.41) is 1.28. The lowest BCUT2D eigenvalue weighted by Crippen LogP contribution is -1.85. The third-order valence-corrected chi connectivity index (χ3v) is 4.38. The van der Waals surface area contributed by atoms with Crippen LogP contribution in [0.3, 0.4) is 0 Å². The summed E-state index contributed by atoms with van der Waals surface area (Å²) in [5.74, 6) is 0.975. The fourth-order valence-corrected chi connectivity index (χ4v) is 3.19. The van der Waals surface area contributed by atoms with Crippen molar-refractivity contribution in [2.75, 3.05) is 13.4 Å². The van der Waals surface area contributed by atoms with Gasteiger partial charge in [-0.3, -0.25) is 0 Å². The second-order valence-electron chi connectivity index (χ2n) is 3.13. The molecule has 0 saturated carbocycles. The Hall–Kier alpha value is -0.670. The van der Waals surface area contributed by atoms with Crippen LogP contribution in [-0.4, -0.2) is 13.4 Å². The molecule has 0 atom stereocenters. The van der Waals surface area contributed by atoms with Crippen molar-refractivity contribution in [1.82, 2.24) is 0 Å². The zero-order valence-corrected chi connectivity index (χ0v) is 10.1. The molecule has 2 rings (SSSR count). The van der Waals surface area contributed by atoms with Crippen LogP contribution in [0, 0.1) is 6.92 Å². The first kappa shape index (κ1) is 9.87. The molecular formula is C11H12OS2. The van der Waals surface area contributed by atoms with Crippen molar-refractivity contribution in [3.8, 4) is 5.75 Å². The first-order valence-corrected chi connectivity index (χ1v) is 6.41. The number of fused-ring (bicyclic) bond motifs is 1. The van der Waals surface area contributed by atoms with E-state index in [1.807, 2.05) is 11.3 Å². The highest BCUT2D eigenvalue weighted by molar-refractivity contribution is 8.00. The van der Waals surface area contributed by atoms with E-state index < -0.39 is 0 Å². The summed E-state index contributed by atoms with van der Waals surface area (Å²) in [6, 6.07) is 6.52. The average Bonchev–Trinajstić information content (AvgIpc) is 2.58. The van der Waals surface area contributed by atoms with E-state index in [4.69, 9.17) is 4.74 Å². The summed E-state index contributed by atoms with van der Waals surface area (Å²) in [4.78, 5) is 0. The Morgan fingerprint density at radius 3 is 2.71 bits per heavy atom. The molecular weight excluding hydrogens is 212 g/mol. The first-order chi connectivity index (χ1) is 6.74. The van der Waals surface area contributed by atoms with Crippen LogP contribution < -0.4 is 4.74 Å². The molecule has 0 spiro atoms. The molecule has 1 aromatic carbocycles. The number of thiophene rings is 1. The van der Waals surface area contributed by atoms with Crippen LogP contribution in [0.5, 0.6) is 5.75 Å². The molecule has 0 N–H and O–H groups in total. The number of hydrogen-bond donors (Lipinski definition) is 0. The maximum absolute atomic E-state index is 5.29. The van der Waals surface area contributed by atoms with Gasteiger partial charge in [0, 0.05) is 4.70 Å². The molecule has 0 radical (unpaired) electrons. The van der Waals surface area contributed by atoms with Crippen molar-refractivity contribution in [3.05, 3.63) is 23.8 Å². The lowest BCUT2D eigenvalue weighted by molar-refractivity contribution is 0.412. The van der Waals surface area contributed by atoms with Crippen molar-refractivity contribution >= 4 is 33.2 Å². The van der Waals surface area contributed by atoms with E-state index in [2.05, 4.69) is 31.4 Å². The standard InChI is InChI=1S/C11H12OS2/c1-7-4-10-8(5-9(7)12-2)6-11(13-3)14-10/h4-6H,1-3H3. The molecule has 1 heterocycles. The molecule has 1 aromatic heterocycles. The van der Waals surface area contributed by atoms with Gasteiger partial charge in [-0.1, -0.05) is 0 Å². The van der Waals surface area contributed by atoms with E-state index in [1.165, 1.54) is 19.9 Å². The van der Waals surface area contributed by atoms with Gasteiger partial charge in [0.15, 0.2) is 0 Å². The van der Waals surface area contributed by atoms with Gasteiger partial charge in [-0.25, -0.2) is 0 Å². The Morgan fingerprint density at radius 1 is 1.29 bits per heavy atom. The second kappa shape index (κ2) is 3.83. The predicted octanol–water partition coefficient (Wildman–Crippen LogP) is 3.94. The van der Waals surface area contributed by atoms with Gasteiger partial charge in [-0.05, 0) is 42.3 Å². The molecule has 74 valence electrons. The van der Waals surface area contributed by atoms with Crippen molar-refractivity contribution < 1.29 is 4.74 Å². The fraction of sp³-hybridized carbons (Fsp3) is 0.273. The van der Waals surface area contributed by atoms with E-state index in [0.29, 0.717) is 0 Å². The van der Waals surface area contributed by atoms with E-state index in [1.54, 1.807) is 18.9 Å². The van der Waals surface area contributed by atoms with Crippen LogP contribution >= 0.6 is 23.1 Å². The van der Waals surface area contributed by atoms with Gasteiger partial charge in [-0.2, -0.15) is 0 Å². The van der Waals surface area contributed by atoms with Gasteiger partial charge in [0.2, 0.25) is 0 Å². The van der Waals surface area contributed by atoms with Gasteiger partial charge in [0.25, 0.3) is 0 Å². The summed E-state index contributed by atoms with van der Waals surface area (Å²) >= 11 is 3.63. The Bertz CT molecular complexity index is 460. The van der Waals surface area contributed by atoms with Crippen LogP contribution in [0.1, 0.15) is 5.56 Å². The minimum atomic E-state index is 0.975. The molecule has 0 aliphatic heterocycles. The maximum Gasteiger partial charge on any atom is 0.122 e. The number of hydrogen-bond acceptors (Lipinski definition) is 3. The fourth-order valence-electron chi connectivity index (χ4n) is 1.46. The smallest absolute Gasteiger partial charge is 0.122 e. The normalized spacial score (nSPS) is 10.8. The van der Waals surface area contributed by atoms with Crippen molar-refractivity contribution in [2.45, 2.75) is 11.1 Å². The topological polar surface area (TPSA) is 9.23 Å². The number of ether oxygens (including phenoxy) is 1. The highest BCUT2D eigenvalue weighted by Crippen LogP contribution is 2.35. The van der Waals surface area contributed by atoms with Crippen LogP contribution in [0.2, 0.25) is 0 Å². The van der Waals surface area contributed by atoms with E-state index in [9.17, 15) is 0 Å². The molecule has 0 bridgehead atoms. The predicted molar refractivity (Wildman–Crippen MR) is 64.9 cm³/mol. The highest BCUT2D eigenvalue weighted by atomic mass is 32.2. The Balaban J connectivity index is 2.64. The lowest BCUT2D eigenvalue weighted by atomic mass is 10.2. The van der Waals surface area contributed by atoms with Gasteiger partial charge in [0.1, 0.15) is 5.75 Å². The molecule has 2 aromatic rings. The quantitative estimate of drug-likeness (QED) is 0.715. The van der Waals surface area contributed by atoms with Crippen molar-refractivity contribution in [2.24, 2.45) is 0 Å². The minimum absolute atomic E-state index is 0.975. The van der Waals surface area contributed by atoms with Crippen LogP contribution in [0.4, 0.5) is 0 Å². The largest absolute Gasteiger partial charge is 0.496 e. The van der Waals surface area contributed by atoms with Crippen LogP contribution in [0.25, 0.3) is 10.1 Å². The summed E-state index contributed by atoms with van der Waals surface area (Å²) in [6.07, 6.45) is 2.11. The highest BCUT2D eigenvalue weighted by Gasteiger charge is 2.05. The number of rotatable bonds is 2. The van der Waals surface area contributed by atoms with Crippen molar-refractivity contribution in [3.63, 3.8) is 0 Å². The number of methoxy groups -OCH3 is 1. The third kappa shape index (κ3) is 1.62. The first-order valence-electron chi connectivity index (χ1n) is 4.37. The molecule has 0 saturated heterocycles. The van der Waals surface area contributed by atoms with E-state index in [0.717, 1.165) is 5.75 Å². The van der Waals surface area contributed by atoms with Gasteiger partial charge in [0.05, 0.1) is 11.3 Å². The molecule has 0 aliphatic carbocycles. The molecule has 0 amide bonds. The summed E-state index contributed by atoms with van der Waals surface area (Å²) < 4.78 is 7.99. The molecule has 3 heteroatoms. The van der Waals surface area contributed by atoms with Crippen LogP contribution in [0.15, 0.2) is 22.4 Å². The summed E-state index contributed by atoms with van der Waals surface area (Å²) in [7, 11) is 1.72. The molecule has 0 aliphatic rings. The number of thioether (sulfide) groups is 1. The zero-order chi connectivity index (χ0) is 10.1. The molecule has 1 nitrogen and oxygen atoms in total. The third-order valence-electron chi connectivity index (χ3n) is 2.21. The number of aryl methyl sites for hydroxylation is 1. The second-order valence-corrected chi connectivity index (χ2v) is 5.32. The minimum Gasteiger partial charge on any atom is -0.496 e. The Labute approximate surface area is 92.1 Å². The Morgan fingerprint density at radius 2 is 2.07 bits per heavy atom. The van der Waals surface area contributed by atoms with Gasteiger partial charge >= 0.3 is 0 Å². The van der Waals surface area contributed by atoms with E-state index >= 15 is 0 Å². The monoisotopic (exact) mass is 224 g/mol. The van der Waals surface area contributed by atoms with Crippen LogP contribution in [-0.2, 0) is 0 Å². The molecule has 0 unspecified atom stereocenters. The summed E-state index contributed by atoms with van der Waals surface area (Å²) in [5.41, 5.74) is 1.20. The Kier molecular flexibility index (Phi) is 2.70. The summed E-state index contributed by atoms with van der Waals surface area (Å²) in [6.45, 7) is 2.08. The van der Waals surface area contributed by atoms with Gasteiger partial charge < -0.3 is 4.74 Å². The van der Waals surface area contributed by atoms with E-state index in [-0.39, 0.29) is 0 Å². The van der Waals surface area contributed by atoms with Crippen molar-refractivity contribution in [1.29, 1.82) is 0 Å². The average molecular weight is 224 g/mol. The molecule has 14 heavy (non-hydrogen) atoms.